The third-order valence-corrected chi connectivity index (χ3v) is 16.7. The summed E-state index contributed by atoms with van der Waals surface area (Å²) in [5, 5.41) is -0.299. The molecule has 0 unspecified atom stereocenters. The fourth-order valence-corrected chi connectivity index (χ4v) is 12.6. The second-order valence-corrected chi connectivity index (χ2v) is 22.2. The maximum absolute atomic E-state index is 14.4. The largest absolute Gasteiger partial charge is 0.418 e. The number of nitrogens with zero attached hydrogens (tertiary/aromatic N) is 4. The molecule has 96 heavy (non-hydrogen) atoms. The van der Waals surface area contributed by atoms with Crippen LogP contribution in [0.4, 0.5) is 50.9 Å². The fourth-order valence-electron chi connectivity index (χ4n) is 12.6. The van der Waals surface area contributed by atoms with E-state index in [1.165, 1.54) is 67.6 Å². The molecule has 0 atom stereocenters. The van der Waals surface area contributed by atoms with E-state index >= 15 is 0 Å². The standard InChI is InChI=1S/C34H18F6N2O2.C34H23F3N2O2.C11H12/c35-33(36,37)22-13-7-17-26-29(22)30-23(34(38,39)40)14-8-18-27(30)41(26)25-16-6-12-21-28(25)32(44)42(31(21)43)24-15-5-4-11-20(24)19-9-2-1-3-10-19;1-38(28-18-7-5-14-24(28)22-11-3-2-4-12-22)33(41)31-23(21-40)13-9-20-30(31)39-29-19-8-6-15-25(29)26-16-10-17-27(32(26)39)34(35,36)37;1-3-10(4-2)11-8-6-5-7-9-11/h1-18H;2-21H,1H3;3-9H,1H2,2H3/b;;10-4+. The number of rotatable bonds is 10. The number of aldehydes is 1. The summed E-state index contributed by atoms with van der Waals surface area (Å²) in [6, 6.07) is 69.1. The maximum Gasteiger partial charge on any atom is 0.418 e. The highest BCUT2D eigenvalue weighted by Crippen LogP contribution is 2.48. The SMILES string of the molecule is C=C/C(=C\C)c1ccccc1.CN(C(=O)c1c(C=O)cccc1-n1c2ccccc2c2cccc(C(F)(F)F)c21)c1ccccc1-c1ccccc1.O=C1c2cccc(-n3c4cccc(C(F)(F)F)c4c4c(C(F)(F)F)cccc43)c2C(=O)N1c1ccccc1-c1ccccc1. The van der Waals surface area contributed by atoms with Gasteiger partial charge in [-0.3, -0.25) is 19.2 Å². The zero-order chi connectivity index (χ0) is 67.8. The number of fused-ring (bicyclic) bond motifs is 7. The summed E-state index contributed by atoms with van der Waals surface area (Å²) in [5.41, 5.74) is 3.11. The molecule has 8 nitrogen and oxygen atoms in total. The summed E-state index contributed by atoms with van der Waals surface area (Å²) < 4.78 is 131. The van der Waals surface area contributed by atoms with Crippen LogP contribution >= 0.6 is 0 Å². The first kappa shape index (κ1) is 64.3. The van der Waals surface area contributed by atoms with Gasteiger partial charge >= 0.3 is 18.5 Å². The molecule has 2 aromatic heterocycles. The van der Waals surface area contributed by atoms with Crippen molar-refractivity contribution in [1.29, 1.82) is 0 Å². The van der Waals surface area contributed by atoms with Gasteiger partial charge < -0.3 is 14.0 Å². The fraction of sp³-hybridized carbons (Fsp3) is 0.0633. The lowest BCUT2D eigenvalue weighted by Crippen LogP contribution is -2.30. The van der Waals surface area contributed by atoms with Crippen LogP contribution in [0, 0.1) is 0 Å². The lowest BCUT2D eigenvalue weighted by Gasteiger charge is -2.24. The molecule has 3 amide bonds. The number of allylic oxidation sites excluding steroid dienone is 3. The number of amides is 3. The smallest absolute Gasteiger partial charge is 0.311 e. The van der Waals surface area contributed by atoms with Crippen molar-refractivity contribution in [2.24, 2.45) is 0 Å². The van der Waals surface area contributed by atoms with Crippen LogP contribution in [-0.2, 0) is 18.5 Å². The van der Waals surface area contributed by atoms with E-state index in [9.17, 15) is 58.7 Å². The van der Waals surface area contributed by atoms with Gasteiger partial charge in [0.1, 0.15) is 0 Å². The Bertz CT molecular complexity index is 5150. The molecule has 11 aromatic carbocycles. The highest BCUT2D eigenvalue weighted by Gasteiger charge is 2.43. The summed E-state index contributed by atoms with van der Waals surface area (Å²) in [6.45, 7) is 5.76. The van der Waals surface area contributed by atoms with Crippen molar-refractivity contribution in [3.63, 3.8) is 0 Å². The predicted octanol–water partition coefficient (Wildman–Crippen LogP) is 21.1. The van der Waals surface area contributed by atoms with E-state index in [-0.39, 0.29) is 55.9 Å². The normalized spacial score (nSPS) is 12.5. The number of benzene rings is 11. The minimum absolute atomic E-state index is 0.00694. The van der Waals surface area contributed by atoms with Crippen LogP contribution in [0.1, 0.15) is 70.6 Å². The van der Waals surface area contributed by atoms with Crippen molar-refractivity contribution in [2.45, 2.75) is 25.5 Å². The summed E-state index contributed by atoms with van der Waals surface area (Å²) >= 11 is 0. The summed E-state index contributed by atoms with van der Waals surface area (Å²) in [5.74, 6) is -1.94. The molecule has 1 aliphatic heterocycles. The number of hydrogen-bond donors (Lipinski definition) is 0. The molecule has 17 heteroatoms. The van der Waals surface area contributed by atoms with Crippen LogP contribution in [-0.4, -0.2) is 40.2 Å². The Morgan fingerprint density at radius 2 is 0.906 bits per heavy atom. The summed E-state index contributed by atoms with van der Waals surface area (Å²) in [4.78, 5) is 57.0. The molecule has 3 heterocycles. The van der Waals surface area contributed by atoms with Gasteiger partial charge in [-0.2, -0.15) is 39.5 Å². The number of hydrogen-bond acceptors (Lipinski definition) is 4. The molecule has 0 N–H and O–H groups in total. The molecular weight excluding hydrogens is 1240 g/mol. The third-order valence-electron chi connectivity index (χ3n) is 16.7. The van der Waals surface area contributed by atoms with Gasteiger partial charge in [0.05, 0.1) is 78.2 Å². The molecule has 0 radical (unpaired) electrons. The van der Waals surface area contributed by atoms with Gasteiger partial charge in [-0.1, -0.05) is 207 Å². The molecule has 0 saturated heterocycles. The van der Waals surface area contributed by atoms with Crippen molar-refractivity contribution in [2.75, 3.05) is 16.8 Å². The van der Waals surface area contributed by atoms with E-state index in [4.69, 9.17) is 0 Å². The molecule has 1 aliphatic rings. The van der Waals surface area contributed by atoms with Gasteiger partial charge in [0, 0.05) is 45.3 Å². The Labute approximate surface area is 543 Å². The van der Waals surface area contributed by atoms with Crippen LogP contribution in [0.15, 0.2) is 274 Å². The Balaban J connectivity index is 0.000000159. The molecule has 476 valence electrons. The zero-order valence-electron chi connectivity index (χ0n) is 51.0. The molecule has 0 aliphatic carbocycles. The van der Waals surface area contributed by atoms with Gasteiger partial charge in [0.15, 0.2) is 6.29 Å². The second-order valence-electron chi connectivity index (χ2n) is 22.2. The van der Waals surface area contributed by atoms with Gasteiger partial charge in [-0.05, 0) is 95.9 Å². The van der Waals surface area contributed by atoms with Crippen molar-refractivity contribution in [3.05, 3.63) is 318 Å². The number of alkyl halides is 9. The Hall–Kier alpha value is -11.9. The molecule has 14 rings (SSSR count). The minimum atomic E-state index is -4.97. The van der Waals surface area contributed by atoms with Gasteiger partial charge in [0.25, 0.3) is 17.7 Å². The van der Waals surface area contributed by atoms with Gasteiger partial charge in [-0.15, -0.1) is 0 Å². The van der Waals surface area contributed by atoms with E-state index in [1.54, 1.807) is 98.0 Å². The van der Waals surface area contributed by atoms with Crippen LogP contribution in [0.5, 0.6) is 0 Å². The minimum Gasteiger partial charge on any atom is -0.311 e. The Kier molecular flexibility index (Phi) is 17.3. The summed E-state index contributed by atoms with van der Waals surface area (Å²) in [7, 11) is 1.60. The second kappa shape index (κ2) is 25.9. The Morgan fingerprint density at radius 1 is 0.448 bits per heavy atom. The monoisotopic (exact) mass is 1290 g/mol. The lowest BCUT2D eigenvalue weighted by molar-refractivity contribution is -0.138. The molecule has 0 spiro atoms. The maximum atomic E-state index is 14.4. The van der Waals surface area contributed by atoms with Crippen molar-refractivity contribution in [1.82, 2.24) is 9.13 Å². The average Bonchev–Trinajstić information content (AvgIpc) is 1.56. The van der Waals surface area contributed by atoms with Crippen molar-refractivity contribution in [3.8, 4) is 33.6 Å². The zero-order valence-corrected chi connectivity index (χ0v) is 51.0. The molecule has 0 fully saturated rings. The van der Waals surface area contributed by atoms with E-state index in [2.05, 4.69) is 24.8 Å². The van der Waals surface area contributed by atoms with E-state index < -0.39 is 63.7 Å². The van der Waals surface area contributed by atoms with E-state index in [0.29, 0.717) is 33.8 Å². The third kappa shape index (κ3) is 11.7. The number of imide groups is 1. The highest BCUT2D eigenvalue weighted by atomic mass is 19.4. The molecule has 13 aromatic rings. The predicted molar refractivity (Wildman–Crippen MR) is 360 cm³/mol. The van der Waals surface area contributed by atoms with E-state index in [0.717, 1.165) is 51.9 Å². The number of carbonyl (C=O) groups is 4. The van der Waals surface area contributed by atoms with Gasteiger partial charge in [-0.25, -0.2) is 4.90 Å². The first-order valence-corrected chi connectivity index (χ1v) is 30.0. The van der Waals surface area contributed by atoms with Crippen molar-refractivity contribution >= 4 is 84.6 Å². The molecule has 0 saturated carbocycles. The first-order valence-electron chi connectivity index (χ1n) is 30.0. The first-order chi connectivity index (χ1) is 46.2. The van der Waals surface area contributed by atoms with Crippen LogP contribution in [0.2, 0.25) is 0 Å². The van der Waals surface area contributed by atoms with Crippen LogP contribution in [0.3, 0.4) is 0 Å². The molecular formula is C79H53F9N4O4. The molecule has 0 bridgehead atoms. The van der Waals surface area contributed by atoms with Crippen LogP contribution in [0.25, 0.3) is 82.8 Å². The summed E-state index contributed by atoms with van der Waals surface area (Å²) in [6.07, 6.45) is -10.1. The quantitative estimate of drug-likeness (QED) is 0.0591. The number of aromatic nitrogens is 2. The van der Waals surface area contributed by atoms with E-state index in [1.807, 2.05) is 91.9 Å². The highest BCUT2D eigenvalue weighted by molar-refractivity contribution is 6.36. The topological polar surface area (TPSA) is 84.6 Å². The Morgan fingerprint density at radius 3 is 1.50 bits per heavy atom. The number of anilines is 2. The lowest BCUT2D eigenvalue weighted by atomic mass is 10.0. The van der Waals surface area contributed by atoms with Crippen LogP contribution < -0.4 is 9.80 Å². The number of carbonyl (C=O) groups excluding carboxylic acids is 4. The number of halogens is 9. The average molecular weight is 1290 g/mol. The van der Waals surface area contributed by atoms with Crippen molar-refractivity contribution < 1.29 is 58.7 Å². The number of para-hydroxylation sites is 4. The van der Waals surface area contributed by atoms with Gasteiger partial charge in [0.2, 0.25) is 0 Å².